The van der Waals surface area contributed by atoms with Crippen LogP contribution in [0.15, 0.2) is 55.1 Å². The van der Waals surface area contributed by atoms with Gasteiger partial charge in [-0.3, -0.25) is 9.59 Å². The molecule has 29 heavy (non-hydrogen) atoms. The molecule has 0 saturated carbocycles. The summed E-state index contributed by atoms with van der Waals surface area (Å²) in [6.45, 7) is 6.01. The summed E-state index contributed by atoms with van der Waals surface area (Å²) in [7, 11) is 0. The van der Waals surface area contributed by atoms with Crippen LogP contribution in [0.2, 0.25) is 0 Å². The summed E-state index contributed by atoms with van der Waals surface area (Å²) in [5.41, 5.74) is 11.5. The molecule has 3 heterocycles. The SMILES string of the molecule is C=CC(=O)N1CC(N2Cc3ccc(N4CC(N)Cc5ccccc54)cc3C2=O)C1. The van der Waals surface area contributed by atoms with Gasteiger partial charge in [0, 0.05) is 49.2 Å². The fourth-order valence-electron chi connectivity index (χ4n) is 4.61. The standard InChI is InChI=1S/C23H24N4O2/c1-2-22(28)25-13-19(14-25)27-11-16-7-8-18(10-20(16)23(27)29)26-12-17(24)9-15-5-3-4-6-21(15)26/h2-8,10,17,19H,1,9,11-14,24H2. The maximum absolute atomic E-state index is 13.1. The van der Waals surface area contributed by atoms with Gasteiger partial charge in [0.1, 0.15) is 0 Å². The third-order valence-electron chi connectivity index (χ3n) is 6.21. The fourth-order valence-corrected chi connectivity index (χ4v) is 4.61. The van der Waals surface area contributed by atoms with E-state index in [1.54, 1.807) is 4.90 Å². The van der Waals surface area contributed by atoms with Crippen molar-refractivity contribution in [2.75, 3.05) is 24.5 Å². The number of hydrogen-bond donors (Lipinski definition) is 1. The van der Waals surface area contributed by atoms with Crippen LogP contribution in [-0.4, -0.2) is 53.3 Å². The Bertz CT molecular complexity index is 1010. The van der Waals surface area contributed by atoms with Crippen LogP contribution in [0.25, 0.3) is 0 Å². The van der Waals surface area contributed by atoms with Gasteiger partial charge in [0.25, 0.3) is 5.91 Å². The van der Waals surface area contributed by atoms with Crippen LogP contribution in [0.4, 0.5) is 11.4 Å². The monoisotopic (exact) mass is 388 g/mol. The summed E-state index contributed by atoms with van der Waals surface area (Å²) >= 11 is 0. The zero-order chi connectivity index (χ0) is 20.1. The van der Waals surface area contributed by atoms with Crippen molar-refractivity contribution in [1.29, 1.82) is 0 Å². The second-order valence-electron chi connectivity index (χ2n) is 8.08. The molecule has 2 amide bonds. The molecule has 0 spiro atoms. The van der Waals surface area contributed by atoms with Crippen LogP contribution in [-0.2, 0) is 17.8 Å². The van der Waals surface area contributed by atoms with E-state index in [1.165, 1.54) is 11.6 Å². The van der Waals surface area contributed by atoms with Crippen LogP contribution in [0.1, 0.15) is 21.5 Å². The number of nitrogens with zero attached hydrogens (tertiary/aromatic N) is 3. The number of carbonyl (C=O) groups is 2. The van der Waals surface area contributed by atoms with Crippen molar-refractivity contribution in [2.24, 2.45) is 5.73 Å². The Balaban J connectivity index is 1.39. The summed E-state index contributed by atoms with van der Waals surface area (Å²) in [5.74, 6) is -0.0278. The molecule has 6 nitrogen and oxygen atoms in total. The van der Waals surface area contributed by atoms with Gasteiger partial charge >= 0.3 is 0 Å². The molecule has 3 aliphatic heterocycles. The van der Waals surface area contributed by atoms with E-state index in [9.17, 15) is 9.59 Å². The number of fused-ring (bicyclic) bond motifs is 2. The fraction of sp³-hybridized carbons (Fsp3) is 0.304. The van der Waals surface area contributed by atoms with E-state index in [4.69, 9.17) is 5.73 Å². The number of amides is 2. The number of hydrogen-bond acceptors (Lipinski definition) is 4. The molecule has 3 aliphatic rings. The van der Waals surface area contributed by atoms with Crippen LogP contribution >= 0.6 is 0 Å². The first-order valence-corrected chi connectivity index (χ1v) is 10.0. The Morgan fingerprint density at radius 3 is 2.69 bits per heavy atom. The van der Waals surface area contributed by atoms with Crippen LogP contribution in [0.3, 0.4) is 0 Å². The number of rotatable bonds is 3. The Labute approximate surface area is 170 Å². The minimum atomic E-state index is -0.0761. The lowest BCUT2D eigenvalue weighted by Crippen LogP contribution is -2.60. The lowest BCUT2D eigenvalue weighted by atomic mass is 9.97. The third kappa shape index (κ3) is 2.91. The van der Waals surface area contributed by atoms with Crippen molar-refractivity contribution in [3.05, 3.63) is 71.8 Å². The molecule has 1 saturated heterocycles. The van der Waals surface area contributed by atoms with Crippen LogP contribution < -0.4 is 10.6 Å². The molecule has 1 atom stereocenters. The summed E-state index contributed by atoms with van der Waals surface area (Å²) in [6.07, 6.45) is 2.19. The molecule has 6 heteroatoms. The van der Waals surface area contributed by atoms with E-state index in [0.717, 1.165) is 35.5 Å². The smallest absolute Gasteiger partial charge is 0.254 e. The van der Waals surface area contributed by atoms with Crippen molar-refractivity contribution in [3.63, 3.8) is 0 Å². The maximum atomic E-state index is 13.1. The first kappa shape index (κ1) is 17.9. The topological polar surface area (TPSA) is 69.9 Å². The first-order valence-electron chi connectivity index (χ1n) is 10.0. The minimum Gasteiger partial charge on any atom is -0.340 e. The first-order chi connectivity index (χ1) is 14.0. The average molecular weight is 388 g/mol. The van der Waals surface area contributed by atoms with Crippen molar-refractivity contribution >= 4 is 23.2 Å². The van der Waals surface area contributed by atoms with E-state index < -0.39 is 0 Å². The molecular weight excluding hydrogens is 364 g/mol. The average Bonchev–Trinajstić information content (AvgIpc) is 3.01. The molecule has 0 radical (unpaired) electrons. The highest BCUT2D eigenvalue weighted by Gasteiger charge is 2.40. The molecule has 2 aromatic rings. The van der Waals surface area contributed by atoms with Gasteiger partial charge in [-0.25, -0.2) is 0 Å². The molecule has 2 aromatic carbocycles. The number of anilines is 2. The Morgan fingerprint density at radius 2 is 1.90 bits per heavy atom. The molecule has 5 rings (SSSR count). The third-order valence-corrected chi connectivity index (χ3v) is 6.21. The summed E-state index contributed by atoms with van der Waals surface area (Å²) < 4.78 is 0. The highest BCUT2D eigenvalue weighted by Crippen LogP contribution is 2.36. The van der Waals surface area contributed by atoms with Crippen molar-refractivity contribution in [2.45, 2.75) is 25.0 Å². The second kappa shape index (κ2) is 6.74. The molecule has 0 aliphatic carbocycles. The molecular formula is C23H24N4O2. The number of nitrogens with two attached hydrogens (primary N) is 1. The predicted octanol–water partition coefficient (Wildman–Crippen LogP) is 2.06. The minimum absolute atomic E-state index is 0.0483. The summed E-state index contributed by atoms with van der Waals surface area (Å²) in [4.78, 5) is 30.6. The maximum Gasteiger partial charge on any atom is 0.254 e. The zero-order valence-electron chi connectivity index (χ0n) is 16.3. The molecule has 1 fully saturated rings. The number of para-hydroxylation sites is 1. The van der Waals surface area contributed by atoms with E-state index in [2.05, 4.69) is 35.7 Å². The molecule has 2 N–H and O–H groups in total. The van der Waals surface area contributed by atoms with Crippen LogP contribution in [0.5, 0.6) is 0 Å². The molecule has 0 bridgehead atoms. The number of likely N-dealkylation sites (tertiary alicyclic amines) is 1. The Morgan fingerprint density at radius 1 is 1.10 bits per heavy atom. The second-order valence-corrected chi connectivity index (χ2v) is 8.08. The zero-order valence-corrected chi connectivity index (χ0v) is 16.3. The summed E-state index contributed by atoms with van der Waals surface area (Å²) in [5, 5.41) is 0. The largest absolute Gasteiger partial charge is 0.340 e. The summed E-state index contributed by atoms with van der Waals surface area (Å²) in [6, 6.07) is 14.6. The highest BCUT2D eigenvalue weighted by atomic mass is 16.2. The van der Waals surface area contributed by atoms with Crippen LogP contribution in [0, 0.1) is 0 Å². The Hall–Kier alpha value is -3.12. The van der Waals surface area contributed by atoms with E-state index in [-0.39, 0.29) is 23.9 Å². The molecule has 0 aromatic heterocycles. The van der Waals surface area contributed by atoms with Crippen molar-refractivity contribution in [3.8, 4) is 0 Å². The Kier molecular flexibility index (Phi) is 4.17. The number of carbonyl (C=O) groups excluding carboxylic acids is 2. The normalized spacial score (nSPS) is 20.9. The molecule has 148 valence electrons. The van der Waals surface area contributed by atoms with Crippen molar-refractivity contribution < 1.29 is 9.59 Å². The van der Waals surface area contributed by atoms with Gasteiger partial charge in [-0.05, 0) is 41.8 Å². The van der Waals surface area contributed by atoms with Crippen molar-refractivity contribution in [1.82, 2.24) is 9.80 Å². The van der Waals surface area contributed by atoms with Gasteiger partial charge in [-0.2, -0.15) is 0 Å². The van der Waals surface area contributed by atoms with Gasteiger partial charge in [-0.15, -0.1) is 0 Å². The number of benzene rings is 2. The van der Waals surface area contributed by atoms with Gasteiger partial charge in [0.15, 0.2) is 0 Å². The lowest BCUT2D eigenvalue weighted by molar-refractivity contribution is -0.132. The van der Waals surface area contributed by atoms with Gasteiger partial charge in [0.05, 0.1) is 6.04 Å². The van der Waals surface area contributed by atoms with E-state index in [0.29, 0.717) is 19.6 Å². The van der Waals surface area contributed by atoms with Gasteiger partial charge in [-0.1, -0.05) is 30.8 Å². The highest BCUT2D eigenvalue weighted by molar-refractivity contribution is 6.00. The molecule has 1 unspecified atom stereocenters. The van der Waals surface area contributed by atoms with Gasteiger partial charge < -0.3 is 20.4 Å². The quantitative estimate of drug-likeness (QED) is 0.818. The van der Waals surface area contributed by atoms with E-state index >= 15 is 0 Å². The van der Waals surface area contributed by atoms with Gasteiger partial charge in [0.2, 0.25) is 5.91 Å². The predicted molar refractivity (Wildman–Crippen MR) is 112 cm³/mol. The lowest BCUT2D eigenvalue weighted by Gasteiger charge is -2.43. The van der Waals surface area contributed by atoms with E-state index in [1.807, 2.05) is 23.1 Å².